The van der Waals surface area contributed by atoms with Gasteiger partial charge in [0.1, 0.15) is 0 Å². The zero-order valence-corrected chi connectivity index (χ0v) is 8.61. The fourth-order valence-corrected chi connectivity index (χ4v) is 2.25. The molecule has 76 valence electrons. The van der Waals surface area contributed by atoms with Gasteiger partial charge in [-0.3, -0.25) is 9.97 Å². The van der Waals surface area contributed by atoms with Crippen LogP contribution in [0, 0.1) is 0 Å². The Bertz CT molecular complexity index is 273. The summed E-state index contributed by atoms with van der Waals surface area (Å²) in [6, 6.07) is 0.687. The lowest BCUT2D eigenvalue weighted by molar-refractivity contribution is 0.533. The summed E-state index contributed by atoms with van der Waals surface area (Å²) < 4.78 is 0. The molecule has 0 spiro atoms. The van der Waals surface area contributed by atoms with Crippen LogP contribution in [0.5, 0.6) is 0 Å². The molecule has 1 heterocycles. The summed E-state index contributed by atoms with van der Waals surface area (Å²) in [5.41, 5.74) is 1.16. The van der Waals surface area contributed by atoms with Crippen molar-refractivity contribution in [3.05, 3.63) is 24.3 Å². The van der Waals surface area contributed by atoms with Gasteiger partial charge in [0.2, 0.25) is 0 Å². The van der Waals surface area contributed by atoms with Gasteiger partial charge >= 0.3 is 0 Å². The lowest BCUT2D eigenvalue weighted by Crippen LogP contribution is -2.25. The lowest BCUT2D eigenvalue weighted by Gasteiger charge is -2.10. The van der Waals surface area contributed by atoms with Gasteiger partial charge in [0.25, 0.3) is 0 Å². The van der Waals surface area contributed by atoms with E-state index in [0.29, 0.717) is 12.0 Å². The van der Waals surface area contributed by atoms with Crippen LogP contribution in [0.4, 0.5) is 0 Å². The van der Waals surface area contributed by atoms with E-state index in [1.54, 1.807) is 12.4 Å². The lowest BCUT2D eigenvalue weighted by atomic mass is 10.0. The van der Waals surface area contributed by atoms with E-state index in [1.165, 1.54) is 19.3 Å². The minimum atomic E-state index is 0.618. The van der Waals surface area contributed by atoms with Crippen LogP contribution < -0.4 is 5.32 Å². The molecule has 3 nitrogen and oxygen atoms in total. The summed E-state index contributed by atoms with van der Waals surface area (Å²) in [6.45, 7) is 3.23. The average Bonchev–Trinajstić information content (AvgIpc) is 2.68. The smallest absolute Gasteiger partial charge is 0.0618 e. The third kappa shape index (κ3) is 2.10. The van der Waals surface area contributed by atoms with Crippen LogP contribution in [-0.4, -0.2) is 22.6 Å². The Hall–Kier alpha value is -0.960. The molecule has 0 aliphatic heterocycles. The van der Waals surface area contributed by atoms with Crippen molar-refractivity contribution in [3.63, 3.8) is 0 Å². The molecule has 0 aromatic carbocycles. The number of hydrogen-bond donors (Lipinski definition) is 1. The van der Waals surface area contributed by atoms with Crippen molar-refractivity contribution in [2.24, 2.45) is 0 Å². The fraction of sp³-hybridized carbons (Fsp3) is 0.636. The van der Waals surface area contributed by atoms with Crippen LogP contribution in [0.15, 0.2) is 18.6 Å². The van der Waals surface area contributed by atoms with Crippen LogP contribution in [0.25, 0.3) is 0 Å². The first-order valence-corrected chi connectivity index (χ1v) is 5.39. The van der Waals surface area contributed by atoms with Gasteiger partial charge in [0, 0.05) is 30.6 Å². The van der Waals surface area contributed by atoms with E-state index in [9.17, 15) is 0 Å². The number of nitrogens with zero attached hydrogens (tertiary/aromatic N) is 2. The molecule has 1 aliphatic rings. The molecule has 1 fully saturated rings. The van der Waals surface area contributed by atoms with E-state index in [1.807, 2.05) is 6.20 Å². The molecule has 0 radical (unpaired) electrons. The Balaban J connectivity index is 1.96. The van der Waals surface area contributed by atoms with Crippen LogP contribution in [-0.2, 0) is 0 Å². The first-order valence-electron chi connectivity index (χ1n) is 5.39. The number of aromatic nitrogens is 2. The molecule has 0 bridgehead atoms. The predicted molar refractivity (Wildman–Crippen MR) is 56.1 cm³/mol. The van der Waals surface area contributed by atoms with Crippen LogP contribution >= 0.6 is 0 Å². The summed E-state index contributed by atoms with van der Waals surface area (Å²) in [5.74, 6) is 0.618. The normalized spacial score (nSPS) is 26.6. The number of rotatable bonds is 3. The highest BCUT2D eigenvalue weighted by Gasteiger charge is 2.25. The third-order valence-corrected chi connectivity index (χ3v) is 2.93. The Morgan fingerprint density at radius 2 is 2.36 bits per heavy atom. The molecule has 1 aliphatic carbocycles. The topological polar surface area (TPSA) is 37.8 Å². The van der Waals surface area contributed by atoms with Crippen molar-refractivity contribution < 1.29 is 0 Å². The third-order valence-electron chi connectivity index (χ3n) is 2.93. The van der Waals surface area contributed by atoms with E-state index in [4.69, 9.17) is 0 Å². The van der Waals surface area contributed by atoms with Crippen LogP contribution in [0.1, 0.15) is 37.8 Å². The first kappa shape index (κ1) is 9.59. The molecule has 2 atom stereocenters. The SMILES string of the molecule is CCNC1CCC(c2cnccn2)C1. The molecule has 3 heteroatoms. The molecular weight excluding hydrogens is 174 g/mol. The van der Waals surface area contributed by atoms with Gasteiger partial charge in [-0.15, -0.1) is 0 Å². The predicted octanol–water partition coefficient (Wildman–Crippen LogP) is 1.72. The monoisotopic (exact) mass is 191 g/mol. The maximum atomic E-state index is 4.37. The quantitative estimate of drug-likeness (QED) is 0.790. The summed E-state index contributed by atoms with van der Waals surface area (Å²) >= 11 is 0. The van der Waals surface area contributed by atoms with Crippen molar-refractivity contribution in [2.75, 3.05) is 6.54 Å². The van der Waals surface area contributed by atoms with Gasteiger partial charge in [0.15, 0.2) is 0 Å². The second-order valence-corrected chi connectivity index (χ2v) is 3.89. The molecule has 1 aromatic heterocycles. The molecule has 1 saturated carbocycles. The molecule has 1 N–H and O–H groups in total. The average molecular weight is 191 g/mol. The molecule has 0 saturated heterocycles. The highest BCUT2D eigenvalue weighted by atomic mass is 14.9. The van der Waals surface area contributed by atoms with Crippen LogP contribution in [0.3, 0.4) is 0 Å². The molecule has 0 amide bonds. The highest BCUT2D eigenvalue weighted by molar-refractivity contribution is 5.07. The summed E-state index contributed by atoms with van der Waals surface area (Å²) in [4.78, 5) is 8.48. The Labute approximate surface area is 85.0 Å². The van der Waals surface area contributed by atoms with Crippen molar-refractivity contribution >= 4 is 0 Å². The van der Waals surface area contributed by atoms with Crippen molar-refractivity contribution in [1.82, 2.24) is 15.3 Å². The second-order valence-electron chi connectivity index (χ2n) is 3.89. The van der Waals surface area contributed by atoms with E-state index in [2.05, 4.69) is 22.2 Å². The van der Waals surface area contributed by atoms with Gasteiger partial charge in [-0.2, -0.15) is 0 Å². The maximum Gasteiger partial charge on any atom is 0.0618 e. The highest BCUT2D eigenvalue weighted by Crippen LogP contribution is 2.32. The molecular formula is C11H17N3. The second kappa shape index (κ2) is 4.51. The Morgan fingerprint density at radius 1 is 1.43 bits per heavy atom. The largest absolute Gasteiger partial charge is 0.314 e. The summed E-state index contributed by atoms with van der Waals surface area (Å²) in [6.07, 6.45) is 9.16. The van der Waals surface area contributed by atoms with Gasteiger partial charge in [-0.05, 0) is 25.8 Å². The van der Waals surface area contributed by atoms with Gasteiger partial charge < -0.3 is 5.32 Å². The Kier molecular flexibility index (Phi) is 3.09. The number of hydrogen-bond acceptors (Lipinski definition) is 3. The molecule has 14 heavy (non-hydrogen) atoms. The first-order chi connectivity index (χ1) is 6.90. The van der Waals surface area contributed by atoms with Crippen molar-refractivity contribution in [3.8, 4) is 0 Å². The molecule has 2 unspecified atom stereocenters. The van der Waals surface area contributed by atoms with E-state index >= 15 is 0 Å². The molecule has 1 aromatic rings. The van der Waals surface area contributed by atoms with Crippen molar-refractivity contribution in [1.29, 1.82) is 0 Å². The minimum Gasteiger partial charge on any atom is -0.314 e. The maximum absolute atomic E-state index is 4.37. The zero-order valence-electron chi connectivity index (χ0n) is 8.61. The van der Waals surface area contributed by atoms with Crippen molar-refractivity contribution in [2.45, 2.75) is 38.1 Å². The minimum absolute atomic E-state index is 0.618. The van der Waals surface area contributed by atoms with Gasteiger partial charge in [-0.1, -0.05) is 6.92 Å². The standard InChI is InChI=1S/C11H17N3/c1-2-13-10-4-3-9(7-10)11-8-12-5-6-14-11/h5-6,8-10,13H,2-4,7H2,1H3. The number of nitrogens with one attached hydrogen (secondary N) is 1. The van der Waals surface area contributed by atoms with Gasteiger partial charge in [-0.25, -0.2) is 0 Å². The van der Waals surface area contributed by atoms with Gasteiger partial charge in [0.05, 0.1) is 5.69 Å². The van der Waals surface area contributed by atoms with E-state index < -0.39 is 0 Å². The van der Waals surface area contributed by atoms with E-state index in [-0.39, 0.29) is 0 Å². The summed E-state index contributed by atoms with van der Waals surface area (Å²) in [7, 11) is 0. The fourth-order valence-electron chi connectivity index (χ4n) is 2.25. The molecule has 2 rings (SSSR count). The van der Waals surface area contributed by atoms with E-state index in [0.717, 1.165) is 12.2 Å². The zero-order chi connectivity index (χ0) is 9.80. The Morgan fingerprint density at radius 3 is 3.07 bits per heavy atom. The summed E-state index contributed by atoms with van der Waals surface area (Å²) in [5, 5.41) is 3.50. The van der Waals surface area contributed by atoms with Crippen LogP contribution in [0.2, 0.25) is 0 Å².